The highest BCUT2D eigenvalue weighted by atomic mass is 32.2. The lowest BCUT2D eigenvalue weighted by atomic mass is 10.2. The minimum atomic E-state index is -2.95. The second-order valence-electron chi connectivity index (χ2n) is 7.52. The largest absolute Gasteiger partial charge is 0.370 e. The Balaban J connectivity index is 1.62. The Labute approximate surface area is 167 Å². The maximum absolute atomic E-state index is 12.0. The van der Waals surface area contributed by atoms with E-state index in [2.05, 4.69) is 10.2 Å². The third-order valence-electron chi connectivity index (χ3n) is 5.31. The fourth-order valence-corrected chi connectivity index (χ4v) is 5.89. The van der Waals surface area contributed by atoms with Crippen LogP contribution < -0.4 is 10.2 Å². The summed E-state index contributed by atoms with van der Waals surface area (Å²) < 4.78 is 29.4. The minimum Gasteiger partial charge on any atom is -0.370 e. The second-order valence-corrected chi connectivity index (χ2v) is 10.1. The van der Waals surface area contributed by atoms with Crippen molar-refractivity contribution in [1.82, 2.24) is 4.90 Å². The quantitative estimate of drug-likeness (QED) is 0.663. The van der Waals surface area contributed by atoms with Crippen LogP contribution in [0.25, 0.3) is 0 Å². The van der Waals surface area contributed by atoms with Crippen LogP contribution in [-0.4, -0.2) is 75.4 Å². The molecule has 1 atom stereocenters. The predicted octanol–water partition coefficient (Wildman–Crippen LogP) is 0.486. The van der Waals surface area contributed by atoms with Gasteiger partial charge in [0.25, 0.3) is 0 Å². The van der Waals surface area contributed by atoms with Gasteiger partial charge in [0.2, 0.25) is 0 Å². The third-order valence-corrected chi connectivity index (χ3v) is 7.40. The zero-order chi connectivity index (χ0) is 19.3. The third kappa shape index (κ3) is 6.14. The number of ether oxygens (including phenoxy) is 1. The fraction of sp³-hybridized carbons (Fsp3) is 0.632. The molecule has 2 aliphatic rings. The van der Waals surface area contributed by atoms with Crippen molar-refractivity contribution in [2.24, 2.45) is 0 Å². The zero-order valence-corrected chi connectivity index (χ0v) is 17.6. The van der Waals surface area contributed by atoms with Crippen LogP contribution in [0.5, 0.6) is 0 Å². The van der Waals surface area contributed by atoms with Gasteiger partial charge < -0.3 is 19.9 Å². The van der Waals surface area contributed by atoms with E-state index in [4.69, 9.17) is 17.0 Å². The second kappa shape index (κ2) is 9.32. The number of morpholine rings is 1. The summed E-state index contributed by atoms with van der Waals surface area (Å²) >= 11 is 5.68. The molecule has 0 radical (unpaired) electrons. The maximum Gasteiger partial charge on any atom is 0.173 e. The molecule has 0 aliphatic carbocycles. The molecule has 0 bridgehead atoms. The molecule has 0 aromatic heterocycles. The highest BCUT2D eigenvalue weighted by Gasteiger charge is 2.33. The molecule has 27 heavy (non-hydrogen) atoms. The summed E-state index contributed by atoms with van der Waals surface area (Å²) in [6.45, 7) is 7.63. The summed E-state index contributed by atoms with van der Waals surface area (Å²) in [5.41, 5.74) is 2.11. The molecule has 3 rings (SSSR count). The van der Waals surface area contributed by atoms with E-state index in [0.29, 0.717) is 11.5 Å². The summed E-state index contributed by atoms with van der Waals surface area (Å²) in [6.07, 6.45) is 1.64. The summed E-state index contributed by atoms with van der Waals surface area (Å²) in [4.78, 5) is 3.65. The number of thiocarbonyl (C=S) groups is 1. The van der Waals surface area contributed by atoms with Crippen LogP contribution in [-0.2, 0) is 14.6 Å². The molecule has 1 aromatic rings. The predicted molar refractivity (Wildman–Crippen MR) is 112 cm³/mol. The first-order valence-electron chi connectivity index (χ1n) is 9.69. The molecule has 150 valence electrons. The molecule has 0 spiro atoms. The Morgan fingerprint density at radius 3 is 2.81 bits per heavy atom. The van der Waals surface area contributed by atoms with Crippen LogP contribution >= 0.6 is 12.2 Å². The van der Waals surface area contributed by atoms with Crippen LogP contribution in [0.15, 0.2) is 24.3 Å². The van der Waals surface area contributed by atoms with Crippen LogP contribution in [0.3, 0.4) is 0 Å². The lowest BCUT2D eigenvalue weighted by Crippen LogP contribution is -3.14. The van der Waals surface area contributed by atoms with E-state index in [9.17, 15) is 8.42 Å². The average molecular weight is 413 g/mol. The molecule has 2 N–H and O–H groups in total. The van der Waals surface area contributed by atoms with Crippen molar-refractivity contribution >= 4 is 32.9 Å². The summed E-state index contributed by atoms with van der Waals surface area (Å²) in [5, 5.41) is 3.94. The lowest BCUT2D eigenvalue weighted by Gasteiger charge is -2.32. The first-order valence-corrected chi connectivity index (χ1v) is 11.9. The topological polar surface area (TPSA) is 63.1 Å². The number of sulfone groups is 1. The van der Waals surface area contributed by atoms with Gasteiger partial charge in [0.1, 0.15) is 13.1 Å². The van der Waals surface area contributed by atoms with Gasteiger partial charge in [-0.1, -0.05) is 12.1 Å². The number of anilines is 1. The highest BCUT2D eigenvalue weighted by Crippen LogP contribution is 2.20. The number of hydrogen-bond acceptors (Lipinski definition) is 4. The number of nitrogens with one attached hydrogen (secondary N) is 2. The molecule has 0 unspecified atom stereocenters. The van der Waals surface area contributed by atoms with E-state index >= 15 is 0 Å². The molecular formula is C19H30N3O3S2+. The Bertz CT molecular complexity index is 748. The van der Waals surface area contributed by atoms with Gasteiger partial charge >= 0.3 is 0 Å². The van der Waals surface area contributed by atoms with Crippen molar-refractivity contribution in [3.05, 3.63) is 29.8 Å². The molecule has 2 heterocycles. The molecule has 6 nitrogen and oxygen atoms in total. The van der Waals surface area contributed by atoms with E-state index < -0.39 is 9.84 Å². The first kappa shape index (κ1) is 20.5. The van der Waals surface area contributed by atoms with Crippen LogP contribution in [0, 0.1) is 6.92 Å². The van der Waals surface area contributed by atoms with Crippen molar-refractivity contribution in [1.29, 1.82) is 0 Å². The smallest absolute Gasteiger partial charge is 0.173 e. The van der Waals surface area contributed by atoms with Crippen molar-refractivity contribution in [3.8, 4) is 0 Å². The number of hydrogen-bond donors (Lipinski definition) is 2. The van der Waals surface area contributed by atoms with Crippen LogP contribution in [0.2, 0.25) is 0 Å². The number of rotatable bonds is 6. The van der Waals surface area contributed by atoms with Gasteiger partial charge in [0.05, 0.1) is 31.3 Å². The average Bonchev–Trinajstić information content (AvgIpc) is 2.99. The van der Waals surface area contributed by atoms with Crippen LogP contribution in [0.4, 0.5) is 5.69 Å². The molecule has 2 aliphatic heterocycles. The molecule has 8 heteroatoms. The van der Waals surface area contributed by atoms with E-state index in [1.165, 1.54) is 0 Å². The molecule has 0 amide bonds. The van der Waals surface area contributed by atoms with Gasteiger partial charge in [-0.3, -0.25) is 0 Å². The monoisotopic (exact) mass is 412 g/mol. The van der Waals surface area contributed by atoms with Crippen molar-refractivity contribution in [2.75, 3.05) is 56.2 Å². The standard InChI is InChI=1S/C19H29N3O3S2/c1-16-4-2-5-17(14-16)20-19(26)22(18-6-13-27(23,24)15-18)8-3-7-21-9-11-25-12-10-21/h2,4-5,14,18H,3,6-13,15H2,1H3,(H,20,26)/p+1/t18-/m1/s1. The van der Waals surface area contributed by atoms with Gasteiger partial charge in [0, 0.05) is 24.7 Å². The molecule has 2 fully saturated rings. The van der Waals surface area contributed by atoms with E-state index in [-0.39, 0.29) is 17.5 Å². The zero-order valence-electron chi connectivity index (χ0n) is 15.9. The van der Waals surface area contributed by atoms with Crippen molar-refractivity contribution in [2.45, 2.75) is 25.8 Å². The van der Waals surface area contributed by atoms with Crippen molar-refractivity contribution < 1.29 is 18.1 Å². The number of quaternary nitrogens is 1. The number of aryl methyl sites for hydroxylation is 1. The molecule has 1 aromatic carbocycles. The van der Waals surface area contributed by atoms with Gasteiger partial charge in [-0.05, 0) is 43.3 Å². The highest BCUT2D eigenvalue weighted by molar-refractivity contribution is 7.91. The van der Waals surface area contributed by atoms with Crippen molar-refractivity contribution in [3.63, 3.8) is 0 Å². The Hall–Kier alpha value is -1.22. The fourth-order valence-electron chi connectivity index (χ4n) is 3.80. The van der Waals surface area contributed by atoms with Crippen LogP contribution in [0.1, 0.15) is 18.4 Å². The Kier molecular flexibility index (Phi) is 7.08. The number of benzene rings is 1. The summed E-state index contributed by atoms with van der Waals surface area (Å²) in [6, 6.07) is 8.04. The van der Waals surface area contributed by atoms with Gasteiger partial charge in [-0.15, -0.1) is 0 Å². The summed E-state index contributed by atoms with van der Waals surface area (Å²) in [5.74, 6) is 0.461. The van der Waals surface area contributed by atoms with Gasteiger partial charge in [-0.25, -0.2) is 8.42 Å². The van der Waals surface area contributed by atoms with E-state index in [1.54, 1.807) is 4.90 Å². The summed E-state index contributed by atoms with van der Waals surface area (Å²) in [7, 11) is -2.95. The van der Waals surface area contributed by atoms with E-state index in [0.717, 1.165) is 57.1 Å². The maximum atomic E-state index is 12.0. The van der Waals surface area contributed by atoms with E-state index in [1.807, 2.05) is 31.2 Å². The van der Waals surface area contributed by atoms with Gasteiger partial charge in [-0.2, -0.15) is 0 Å². The molecule has 0 saturated carbocycles. The normalized spacial score (nSPS) is 22.5. The Morgan fingerprint density at radius 1 is 1.37 bits per heavy atom. The first-order chi connectivity index (χ1) is 12.9. The van der Waals surface area contributed by atoms with Gasteiger partial charge in [0.15, 0.2) is 14.9 Å². The molecular weight excluding hydrogens is 382 g/mol. The number of nitrogens with zero attached hydrogens (tertiary/aromatic N) is 1. The molecule has 2 saturated heterocycles. The lowest BCUT2D eigenvalue weighted by molar-refractivity contribution is -0.908. The Morgan fingerprint density at radius 2 is 2.15 bits per heavy atom. The SMILES string of the molecule is Cc1cccc(NC(=S)N(CCC[NH+]2CCOCC2)[C@@H]2CCS(=O)(=O)C2)c1. The minimum absolute atomic E-state index is 0.0282.